The number of aromatic nitrogens is 2. The molecule has 4 rings (SSSR count). The van der Waals surface area contributed by atoms with Crippen LogP contribution in [0, 0.1) is 0 Å². The molecule has 0 aliphatic carbocycles. The zero-order valence-electron chi connectivity index (χ0n) is 15.8. The number of hydrogen-bond donors (Lipinski definition) is 0. The van der Waals surface area contributed by atoms with Gasteiger partial charge in [-0.3, -0.25) is 4.98 Å². The summed E-state index contributed by atoms with van der Waals surface area (Å²) in [5.41, 5.74) is 6.66. The molecule has 1 aliphatic rings. The van der Waals surface area contributed by atoms with Crippen LogP contribution in [0.1, 0.15) is 18.5 Å². The molecule has 2 aromatic heterocycles. The molecule has 0 radical (unpaired) electrons. The molecule has 0 N–H and O–H groups in total. The molecule has 5 heteroatoms. The monoisotopic (exact) mass is 378 g/mol. The Morgan fingerprint density at radius 2 is 1.89 bits per heavy atom. The lowest BCUT2D eigenvalue weighted by atomic mass is 10.0. The van der Waals surface area contributed by atoms with Gasteiger partial charge >= 0.3 is 0 Å². The second kappa shape index (κ2) is 8.63. The standard InChI is InChI=1S/C22H26N4S/c1-25(13-9-19-4-2-3-12-23-19)20-10-14-26(15-11-20)21-7-5-18(6-8-21)22-16-27-17-24-22/h2-8,12,16-17,20H,9-11,13-15H2,1H3. The van der Waals surface area contributed by atoms with Gasteiger partial charge in [0.2, 0.25) is 0 Å². The molecule has 4 nitrogen and oxygen atoms in total. The highest BCUT2D eigenvalue weighted by Gasteiger charge is 2.22. The summed E-state index contributed by atoms with van der Waals surface area (Å²) in [4.78, 5) is 13.8. The summed E-state index contributed by atoms with van der Waals surface area (Å²) < 4.78 is 0. The van der Waals surface area contributed by atoms with Gasteiger partial charge in [-0.15, -0.1) is 11.3 Å². The lowest BCUT2D eigenvalue weighted by Crippen LogP contribution is -2.44. The van der Waals surface area contributed by atoms with Gasteiger partial charge in [0, 0.05) is 60.6 Å². The van der Waals surface area contributed by atoms with Gasteiger partial charge in [0.25, 0.3) is 0 Å². The Morgan fingerprint density at radius 1 is 1.07 bits per heavy atom. The summed E-state index contributed by atoms with van der Waals surface area (Å²) in [5.74, 6) is 0. The summed E-state index contributed by atoms with van der Waals surface area (Å²) in [6.45, 7) is 3.31. The molecule has 1 fully saturated rings. The van der Waals surface area contributed by atoms with E-state index in [0.717, 1.165) is 31.7 Å². The predicted octanol–water partition coefficient (Wildman–Crippen LogP) is 4.35. The first-order valence-electron chi connectivity index (χ1n) is 9.63. The molecule has 1 aliphatic heterocycles. The van der Waals surface area contributed by atoms with E-state index in [0.29, 0.717) is 6.04 Å². The van der Waals surface area contributed by atoms with Crippen LogP contribution in [0.25, 0.3) is 11.3 Å². The Labute approximate surface area is 165 Å². The van der Waals surface area contributed by atoms with Gasteiger partial charge in [-0.1, -0.05) is 18.2 Å². The van der Waals surface area contributed by atoms with Crippen LogP contribution in [0.4, 0.5) is 5.69 Å². The van der Waals surface area contributed by atoms with Crippen LogP contribution in [0.5, 0.6) is 0 Å². The van der Waals surface area contributed by atoms with Crippen LogP contribution in [-0.2, 0) is 6.42 Å². The van der Waals surface area contributed by atoms with Crippen molar-refractivity contribution in [2.45, 2.75) is 25.3 Å². The van der Waals surface area contributed by atoms with Crippen LogP contribution in [0.3, 0.4) is 0 Å². The molecule has 0 spiro atoms. The molecule has 140 valence electrons. The fourth-order valence-corrected chi connectivity index (χ4v) is 4.34. The number of hydrogen-bond acceptors (Lipinski definition) is 5. The van der Waals surface area contributed by atoms with Gasteiger partial charge in [-0.25, -0.2) is 4.98 Å². The Kier molecular flexibility index (Phi) is 5.80. The average molecular weight is 379 g/mol. The second-order valence-corrected chi connectivity index (χ2v) is 7.91. The summed E-state index contributed by atoms with van der Waals surface area (Å²) >= 11 is 1.64. The van der Waals surface area contributed by atoms with E-state index in [9.17, 15) is 0 Å². The minimum Gasteiger partial charge on any atom is -0.371 e. The van der Waals surface area contributed by atoms with E-state index in [-0.39, 0.29) is 0 Å². The fraction of sp³-hybridized carbons (Fsp3) is 0.364. The van der Waals surface area contributed by atoms with E-state index in [2.05, 4.69) is 68.6 Å². The van der Waals surface area contributed by atoms with Crippen molar-refractivity contribution in [1.82, 2.24) is 14.9 Å². The number of thiazole rings is 1. The zero-order chi connectivity index (χ0) is 18.5. The summed E-state index contributed by atoms with van der Waals surface area (Å²) in [5, 5.41) is 2.10. The molecule has 3 aromatic rings. The first-order chi connectivity index (χ1) is 13.3. The fourth-order valence-electron chi connectivity index (χ4n) is 3.78. The van der Waals surface area contributed by atoms with E-state index < -0.39 is 0 Å². The van der Waals surface area contributed by atoms with Crippen molar-refractivity contribution < 1.29 is 0 Å². The Hall–Kier alpha value is -2.24. The minimum absolute atomic E-state index is 0.666. The van der Waals surface area contributed by atoms with Crippen molar-refractivity contribution in [3.05, 3.63) is 65.2 Å². The zero-order valence-corrected chi connectivity index (χ0v) is 16.6. The Bertz CT molecular complexity index is 809. The Morgan fingerprint density at radius 3 is 2.56 bits per heavy atom. The normalized spacial score (nSPS) is 15.4. The topological polar surface area (TPSA) is 32.3 Å². The summed E-state index contributed by atoms with van der Waals surface area (Å²) in [6.07, 6.45) is 5.34. The van der Waals surface area contributed by atoms with Gasteiger partial charge < -0.3 is 9.80 Å². The van der Waals surface area contributed by atoms with Gasteiger partial charge in [0.1, 0.15) is 0 Å². The third kappa shape index (κ3) is 4.54. The van der Waals surface area contributed by atoms with Gasteiger partial charge in [0.15, 0.2) is 0 Å². The van der Waals surface area contributed by atoms with Crippen molar-refractivity contribution in [3.63, 3.8) is 0 Å². The number of nitrogens with zero attached hydrogens (tertiary/aromatic N) is 4. The first kappa shape index (κ1) is 18.1. The minimum atomic E-state index is 0.666. The van der Waals surface area contributed by atoms with E-state index in [1.807, 2.05) is 17.8 Å². The van der Waals surface area contributed by atoms with Crippen LogP contribution < -0.4 is 4.90 Å². The van der Waals surface area contributed by atoms with Crippen molar-refractivity contribution >= 4 is 17.0 Å². The largest absolute Gasteiger partial charge is 0.371 e. The number of anilines is 1. The molecule has 0 atom stereocenters. The van der Waals surface area contributed by atoms with Gasteiger partial charge in [-0.2, -0.15) is 0 Å². The smallest absolute Gasteiger partial charge is 0.0811 e. The number of likely N-dealkylation sites (N-methyl/N-ethyl adjacent to an activating group) is 1. The summed E-state index contributed by atoms with van der Waals surface area (Å²) in [7, 11) is 2.26. The van der Waals surface area contributed by atoms with Crippen LogP contribution in [0.2, 0.25) is 0 Å². The van der Waals surface area contributed by atoms with Crippen molar-refractivity contribution in [2.75, 3.05) is 31.6 Å². The lowest BCUT2D eigenvalue weighted by molar-refractivity contribution is 0.209. The second-order valence-electron chi connectivity index (χ2n) is 7.19. The quantitative estimate of drug-likeness (QED) is 0.638. The van der Waals surface area contributed by atoms with E-state index in [4.69, 9.17) is 0 Å². The maximum Gasteiger partial charge on any atom is 0.0811 e. The molecule has 1 aromatic carbocycles. The maximum absolute atomic E-state index is 4.43. The highest BCUT2D eigenvalue weighted by atomic mass is 32.1. The molecule has 3 heterocycles. The SMILES string of the molecule is CN(CCc1ccccn1)C1CCN(c2ccc(-c3cscn3)cc2)CC1. The van der Waals surface area contributed by atoms with Crippen molar-refractivity contribution in [3.8, 4) is 11.3 Å². The third-order valence-corrected chi connectivity index (χ3v) is 6.08. The number of benzene rings is 1. The highest BCUT2D eigenvalue weighted by molar-refractivity contribution is 7.07. The van der Waals surface area contributed by atoms with Crippen LogP contribution in [0.15, 0.2) is 59.6 Å². The molecule has 27 heavy (non-hydrogen) atoms. The third-order valence-electron chi connectivity index (χ3n) is 5.50. The van der Waals surface area contributed by atoms with Crippen LogP contribution >= 0.6 is 11.3 Å². The van der Waals surface area contributed by atoms with E-state index >= 15 is 0 Å². The van der Waals surface area contributed by atoms with E-state index in [1.54, 1.807) is 11.3 Å². The van der Waals surface area contributed by atoms with Gasteiger partial charge in [0.05, 0.1) is 11.2 Å². The summed E-state index contributed by atoms with van der Waals surface area (Å²) in [6, 6.07) is 15.7. The highest BCUT2D eigenvalue weighted by Crippen LogP contribution is 2.26. The number of pyridine rings is 1. The molecule has 0 saturated carbocycles. The number of rotatable bonds is 6. The van der Waals surface area contributed by atoms with E-state index in [1.165, 1.54) is 29.8 Å². The van der Waals surface area contributed by atoms with Crippen LogP contribution in [-0.4, -0.2) is 47.6 Å². The lowest BCUT2D eigenvalue weighted by Gasteiger charge is -2.38. The molecule has 1 saturated heterocycles. The first-order valence-corrected chi connectivity index (χ1v) is 10.6. The van der Waals surface area contributed by atoms with Crippen molar-refractivity contribution in [1.29, 1.82) is 0 Å². The number of piperidine rings is 1. The maximum atomic E-state index is 4.43. The predicted molar refractivity (Wildman–Crippen MR) is 113 cm³/mol. The molecule has 0 bridgehead atoms. The Balaban J connectivity index is 1.28. The van der Waals surface area contributed by atoms with Crippen molar-refractivity contribution in [2.24, 2.45) is 0 Å². The van der Waals surface area contributed by atoms with Gasteiger partial charge in [-0.05, 0) is 44.2 Å². The average Bonchev–Trinajstić information content (AvgIpc) is 3.28. The molecule has 0 amide bonds. The molecule has 0 unspecified atom stereocenters. The molecular weight excluding hydrogens is 352 g/mol. The molecular formula is C22H26N4S.